The van der Waals surface area contributed by atoms with Crippen LogP contribution in [-0.4, -0.2) is 58.7 Å². The van der Waals surface area contributed by atoms with Crippen LogP contribution in [-0.2, 0) is 30.3 Å². The number of nitrogens with zero attached hydrogens (tertiary/aromatic N) is 1. The molecule has 2 unspecified atom stereocenters. The summed E-state index contributed by atoms with van der Waals surface area (Å²) in [7, 11) is 0. The largest absolute Gasteiger partial charge is 0.508 e. The van der Waals surface area contributed by atoms with Crippen molar-refractivity contribution in [2.24, 2.45) is 0 Å². The summed E-state index contributed by atoms with van der Waals surface area (Å²) < 4.78 is 10.3. The van der Waals surface area contributed by atoms with Gasteiger partial charge in [0.2, 0.25) is 5.91 Å². The molecule has 0 aliphatic carbocycles. The normalized spacial score (nSPS) is 12.3. The number of carbonyl (C=O) groups is 4. The molecule has 3 N–H and O–H groups in total. The zero-order chi connectivity index (χ0) is 30.7. The van der Waals surface area contributed by atoms with Gasteiger partial charge < -0.3 is 25.2 Å². The summed E-state index contributed by atoms with van der Waals surface area (Å²) in [6.07, 6.45) is 4.95. The molecule has 0 heterocycles. The summed E-state index contributed by atoms with van der Waals surface area (Å²) in [6, 6.07) is 11.4. The van der Waals surface area contributed by atoms with Crippen LogP contribution < -0.4 is 10.6 Å². The third-order valence-electron chi connectivity index (χ3n) is 5.74. The van der Waals surface area contributed by atoms with Gasteiger partial charge in [-0.05, 0) is 64.8 Å². The Morgan fingerprint density at radius 3 is 2.20 bits per heavy atom. The first-order valence-corrected chi connectivity index (χ1v) is 13.3. The smallest absolute Gasteiger partial charge is 0.408 e. The Kier molecular flexibility index (Phi) is 11.8. The van der Waals surface area contributed by atoms with Crippen LogP contribution in [0, 0.1) is 26.3 Å². The number of terminal acetylenes is 1. The zero-order valence-electron chi connectivity index (χ0n) is 24.4. The molecule has 0 radical (unpaired) electrons. The van der Waals surface area contributed by atoms with Crippen LogP contribution in [0.25, 0.3) is 0 Å². The highest BCUT2D eigenvalue weighted by molar-refractivity contribution is 5.93. The minimum absolute atomic E-state index is 0.000574. The van der Waals surface area contributed by atoms with Gasteiger partial charge in [0.1, 0.15) is 23.4 Å². The standard InChI is InChI=1S/C31H39N3O7/c1-8-34(27(23-17-20(3)16-21(4)18-23)28(37)32-15-14-26(36)40-9-2)29(38)25(33-30(39)41-31(5,6)7)19-22-10-12-24(35)13-11-22/h1,10-13,16-18,25,27,35H,9,14-15,19H2,2-7H3,(H,32,37)(H,33,39). The van der Waals surface area contributed by atoms with Crippen molar-refractivity contribution in [3.8, 4) is 18.2 Å². The van der Waals surface area contributed by atoms with Crippen molar-refractivity contribution >= 4 is 23.9 Å². The van der Waals surface area contributed by atoms with Crippen LogP contribution in [0.3, 0.4) is 0 Å². The fourth-order valence-corrected chi connectivity index (χ4v) is 4.15. The van der Waals surface area contributed by atoms with Crippen molar-refractivity contribution in [3.05, 3.63) is 64.7 Å². The van der Waals surface area contributed by atoms with E-state index >= 15 is 0 Å². The molecule has 10 nitrogen and oxygen atoms in total. The second-order valence-corrected chi connectivity index (χ2v) is 10.6. The summed E-state index contributed by atoms with van der Waals surface area (Å²) in [5.41, 5.74) is 1.95. The van der Waals surface area contributed by atoms with Crippen molar-refractivity contribution in [2.45, 2.75) is 72.1 Å². The first-order valence-electron chi connectivity index (χ1n) is 13.3. The molecule has 2 rings (SSSR count). The number of esters is 1. The number of aromatic hydroxyl groups is 1. The lowest BCUT2D eigenvalue weighted by atomic mass is 9.98. The monoisotopic (exact) mass is 565 g/mol. The van der Waals surface area contributed by atoms with Crippen molar-refractivity contribution in [1.29, 1.82) is 0 Å². The van der Waals surface area contributed by atoms with E-state index in [0.29, 0.717) is 11.1 Å². The van der Waals surface area contributed by atoms with E-state index in [9.17, 15) is 24.3 Å². The Bertz CT molecular complexity index is 1260. The Hall–Kier alpha value is -4.52. The molecule has 3 amide bonds. The van der Waals surface area contributed by atoms with E-state index in [1.54, 1.807) is 52.0 Å². The number of carbonyl (C=O) groups excluding carboxylic acids is 4. The second kappa shape index (κ2) is 14.7. The lowest BCUT2D eigenvalue weighted by Gasteiger charge is -2.31. The predicted octanol–water partition coefficient (Wildman–Crippen LogP) is 3.67. The van der Waals surface area contributed by atoms with E-state index in [1.807, 2.05) is 19.9 Å². The van der Waals surface area contributed by atoms with Gasteiger partial charge in [-0.3, -0.25) is 19.3 Å². The number of amides is 3. The van der Waals surface area contributed by atoms with E-state index < -0.39 is 41.6 Å². The van der Waals surface area contributed by atoms with E-state index in [1.165, 1.54) is 12.1 Å². The Balaban J connectivity index is 2.47. The first kappa shape index (κ1) is 32.7. The Labute approximate surface area is 241 Å². The number of phenols is 1. The number of rotatable bonds is 11. The fourth-order valence-electron chi connectivity index (χ4n) is 4.15. The summed E-state index contributed by atoms with van der Waals surface area (Å²) in [5, 5.41) is 14.9. The lowest BCUT2D eigenvalue weighted by molar-refractivity contribution is -0.143. The molecule has 0 aliphatic heterocycles. The Morgan fingerprint density at radius 2 is 1.66 bits per heavy atom. The van der Waals surface area contributed by atoms with Crippen molar-refractivity contribution in [2.75, 3.05) is 13.2 Å². The number of alkyl carbamates (subject to hydrolysis) is 1. The van der Waals surface area contributed by atoms with Gasteiger partial charge in [0.15, 0.2) is 0 Å². The number of ether oxygens (including phenoxy) is 2. The molecule has 220 valence electrons. The van der Waals surface area contributed by atoms with Crippen LogP contribution in [0.15, 0.2) is 42.5 Å². The molecule has 0 saturated carbocycles. The van der Waals surface area contributed by atoms with Gasteiger partial charge in [0, 0.05) is 19.0 Å². The molecule has 0 aliphatic rings. The highest BCUT2D eigenvalue weighted by atomic mass is 16.6. The van der Waals surface area contributed by atoms with E-state index in [-0.39, 0.29) is 31.7 Å². The van der Waals surface area contributed by atoms with Gasteiger partial charge in [0.05, 0.1) is 13.0 Å². The lowest BCUT2D eigenvalue weighted by Crippen LogP contribution is -2.52. The predicted molar refractivity (Wildman–Crippen MR) is 154 cm³/mol. The molecule has 0 aromatic heterocycles. The molecule has 41 heavy (non-hydrogen) atoms. The summed E-state index contributed by atoms with van der Waals surface area (Å²) in [6.45, 7) is 10.6. The van der Waals surface area contributed by atoms with Crippen LogP contribution in [0.1, 0.15) is 62.4 Å². The Morgan fingerprint density at radius 1 is 1.05 bits per heavy atom. The van der Waals surface area contributed by atoms with Gasteiger partial charge >= 0.3 is 12.1 Å². The maximum atomic E-state index is 14.0. The van der Waals surface area contributed by atoms with E-state index in [2.05, 4.69) is 16.7 Å². The van der Waals surface area contributed by atoms with Gasteiger partial charge in [-0.15, -0.1) is 0 Å². The highest BCUT2D eigenvalue weighted by Gasteiger charge is 2.36. The zero-order valence-corrected chi connectivity index (χ0v) is 24.4. The maximum Gasteiger partial charge on any atom is 0.408 e. The van der Waals surface area contributed by atoms with Crippen LogP contribution in [0.5, 0.6) is 5.75 Å². The van der Waals surface area contributed by atoms with Gasteiger partial charge in [-0.25, -0.2) is 4.79 Å². The van der Waals surface area contributed by atoms with Crippen molar-refractivity contribution in [1.82, 2.24) is 15.5 Å². The maximum absolute atomic E-state index is 14.0. The summed E-state index contributed by atoms with van der Waals surface area (Å²) in [5.74, 6) is -1.77. The number of aryl methyl sites for hydroxylation is 2. The minimum Gasteiger partial charge on any atom is -0.508 e. The molecule has 2 atom stereocenters. The van der Waals surface area contributed by atoms with Gasteiger partial charge in [-0.1, -0.05) is 47.9 Å². The van der Waals surface area contributed by atoms with E-state index in [4.69, 9.17) is 15.9 Å². The third-order valence-corrected chi connectivity index (χ3v) is 5.74. The highest BCUT2D eigenvalue weighted by Crippen LogP contribution is 2.25. The molecule has 0 saturated heterocycles. The van der Waals surface area contributed by atoms with Crippen LogP contribution in [0.2, 0.25) is 0 Å². The second-order valence-electron chi connectivity index (χ2n) is 10.6. The number of hydrogen-bond acceptors (Lipinski definition) is 7. The number of nitrogens with one attached hydrogen (secondary N) is 2. The van der Waals surface area contributed by atoms with Gasteiger partial charge in [0.25, 0.3) is 5.91 Å². The molecule has 0 fully saturated rings. The fraction of sp³-hybridized carbons (Fsp3) is 0.419. The van der Waals surface area contributed by atoms with Gasteiger partial charge in [-0.2, -0.15) is 0 Å². The molecule has 2 aromatic carbocycles. The molecule has 2 aromatic rings. The van der Waals surface area contributed by atoms with Crippen LogP contribution in [0.4, 0.5) is 4.79 Å². The van der Waals surface area contributed by atoms with Crippen molar-refractivity contribution < 1.29 is 33.8 Å². The summed E-state index contributed by atoms with van der Waals surface area (Å²) in [4.78, 5) is 53.0. The molecular weight excluding hydrogens is 526 g/mol. The average molecular weight is 566 g/mol. The minimum atomic E-state index is -1.27. The number of benzene rings is 2. The SMILES string of the molecule is C#CN(C(=O)C(Cc1ccc(O)cc1)NC(=O)OC(C)(C)C)C(C(=O)NCCC(=O)OCC)c1cc(C)cc(C)c1. The quantitative estimate of drug-likeness (QED) is 0.215. The first-order chi connectivity index (χ1) is 19.2. The third kappa shape index (κ3) is 10.5. The molecule has 0 spiro atoms. The summed E-state index contributed by atoms with van der Waals surface area (Å²) >= 11 is 0. The topological polar surface area (TPSA) is 134 Å². The molecule has 0 bridgehead atoms. The van der Waals surface area contributed by atoms with E-state index in [0.717, 1.165) is 16.0 Å². The number of phenolic OH excluding ortho intramolecular Hbond substituents is 1. The molecular formula is C31H39N3O7. The average Bonchev–Trinajstić information content (AvgIpc) is 2.86. The van der Waals surface area contributed by atoms with Crippen LogP contribution >= 0.6 is 0 Å². The van der Waals surface area contributed by atoms with Crippen molar-refractivity contribution in [3.63, 3.8) is 0 Å². The number of hydrogen-bond donors (Lipinski definition) is 3. The molecule has 10 heteroatoms.